The molecule has 0 bridgehead atoms. The summed E-state index contributed by atoms with van der Waals surface area (Å²) in [5.41, 5.74) is 3.77. The number of rotatable bonds is 4. The van der Waals surface area contributed by atoms with Gasteiger partial charge in [0.25, 0.3) is 0 Å². The van der Waals surface area contributed by atoms with E-state index in [0.717, 1.165) is 47.0 Å². The first-order chi connectivity index (χ1) is 12.6. The number of halogens is 2. The summed E-state index contributed by atoms with van der Waals surface area (Å²) in [5, 5.41) is 1.20. The zero-order valence-electron chi connectivity index (χ0n) is 14.6. The third kappa shape index (κ3) is 2.79. The Morgan fingerprint density at radius 1 is 0.923 bits per heavy atom. The number of aromatic nitrogens is 4. The lowest BCUT2D eigenvalue weighted by Gasteiger charge is -2.07. The van der Waals surface area contributed by atoms with Gasteiger partial charge in [-0.3, -0.25) is 0 Å². The summed E-state index contributed by atoms with van der Waals surface area (Å²) in [6, 6.07) is 13.6. The van der Waals surface area contributed by atoms with Gasteiger partial charge in [-0.2, -0.15) is 0 Å². The van der Waals surface area contributed by atoms with Crippen LogP contribution in [0.15, 0.2) is 48.7 Å². The first-order valence-corrected chi connectivity index (χ1v) is 9.36. The third-order valence-corrected chi connectivity index (χ3v) is 5.04. The Kier molecular flexibility index (Phi) is 4.47. The van der Waals surface area contributed by atoms with E-state index in [2.05, 4.69) is 29.0 Å². The quantitative estimate of drug-likeness (QED) is 0.438. The molecule has 0 aliphatic rings. The van der Waals surface area contributed by atoms with Gasteiger partial charge in [-0.1, -0.05) is 35.3 Å². The monoisotopic (exact) mass is 384 g/mol. The SMILES string of the molecule is CCn1cc(-c2ccc(Cl)cc2Cl)nc1-c1nc2ccccc2n1CC. The molecule has 0 saturated carbocycles. The summed E-state index contributed by atoms with van der Waals surface area (Å²) in [6.45, 7) is 5.83. The minimum atomic E-state index is 0.591. The summed E-state index contributed by atoms with van der Waals surface area (Å²) in [5.74, 6) is 1.71. The molecule has 132 valence electrons. The van der Waals surface area contributed by atoms with Gasteiger partial charge in [0, 0.05) is 29.9 Å². The highest BCUT2D eigenvalue weighted by Crippen LogP contribution is 2.32. The van der Waals surface area contributed by atoms with Crippen molar-refractivity contribution in [1.29, 1.82) is 0 Å². The molecule has 2 aromatic carbocycles. The van der Waals surface area contributed by atoms with Gasteiger partial charge >= 0.3 is 0 Å². The Bertz CT molecular complexity index is 1090. The molecule has 0 unspecified atom stereocenters. The van der Waals surface area contributed by atoms with Crippen LogP contribution in [0.2, 0.25) is 10.0 Å². The minimum absolute atomic E-state index is 0.591. The smallest absolute Gasteiger partial charge is 0.177 e. The van der Waals surface area contributed by atoms with E-state index < -0.39 is 0 Å². The van der Waals surface area contributed by atoms with Gasteiger partial charge < -0.3 is 9.13 Å². The van der Waals surface area contributed by atoms with Gasteiger partial charge in [0.2, 0.25) is 0 Å². The van der Waals surface area contributed by atoms with Crippen molar-refractivity contribution in [1.82, 2.24) is 19.1 Å². The number of fused-ring (bicyclic) bond motifs is 1. The van der Waals surface area contributed by atoms with Crippen molar-refractivity contribution in [3.63, 3.8) is 0 Å². The highest BCUT2D eigenvalue weighted by Gasteiger charge is 2.19. The van der Waals surface area contributed by atoms with Crippen molar-refractivity contribution in [2.45, 2.75) is 26.9 Å². The Morgan fingerprint density at radius 3 is 2.46 bits per heavy atom. The maximum Gasteiger partial charge on any atom is 0.177 e. The van der Waals surface area contributed by atoms with Crippen LogP contribution < -0.4 is 0 Å². The molecule has 0 saturated heterocycles. The van der Waals surface area contributed by atoms with E-state index in [4.69, 9.17) is 33.2 Å². The fraction of sp³-hybridized carbons (Fsp3) is 0.200. The molecule has 26 heavy (non-hydrogen) atoms. The predicted octanol–water partition coefficient (Wildman–Crippen LogP) is 5.91. The summed E-state index contributed by atoms with van der Waals surface area (Å²) in [6.07, 6.45) is 2.02. The lowest BCUT2D eigenvalue weighted by atomic mass is 10.2. The van der Waals surface area contributed by atoms with E-state index in [0.29, 0.717) is 10.0 Å². The second kappa shape index (κ2) is 6.78. The van der Waals surface area contributed by atoms with E-state index in [1.54, 1.807) is 6.07 Å². The number of imidazole rings is 2. The van der Waals surface area contributed by atoms with E-state index in [1.807, 2.05) is 36.5 Å². The second-order valence-electron chi connectivity index (χ2n) is 6.03. The van der Waals surface area contributed by atoms with Gasteiger partial charge in [-0.05, 0) is 44.2 Å². The van der Waals surface area contributed by atoms with Crippen molar-refractivity contribution in [3.05, 3.63) is 58.7 Å². The normalized spacial score (nSPS) is 11.4. The van der Waals surface area contributed by atoms with Crippen LogP contribution in [0.5, 0.6) is 0 Å². The Labute approximate surface area is 162 Å². The zero-order valence-corrected chi connectivity index (χ0v) is 16.1. The van der Waals surface area contributed by atoms with Gasteiger partial charge in [0.1, 0.15) is 0 Å². The maximum absolute atomic E-state index is 6.38. The highest BCUT2D eigenvalue weighted by atomic mass is 35.5. The van der Waals surface area contributed by atoms with E-state index in [-0.39, 0.29) is 0 Å². The van der Waals surface area contributed by atoms with Gasteiger partial charge in [-0.15, -0.1) is 0 Å². The van der Waals surface area contributed by atoms with Crippen molar-refractivity contribution < 1.29 is 0 Å². The Balaban J connectivity index is 1.92. The Morgan fingerprint density at radius 2 is 1.73 bits per heavy atom. The number of hydrogen-bond donors (Lipinski definition) is 0. The lowest BCUT2D eigenvalue weighted by Crippen LogP contribution is -2.03. The largest absolute Gasteiger partial charge is 0.328 e. The van der Waals surface area contributed by atoms with Crippen LogP contribution in [0, 0.1) is 0 Å². The summed E-state index contributed by atoms with van der Waals surface area (Å²) < 4.78 is 4.30. The van der Waals surface area contributed by atoms with Crippen molar-refractivity contribution in [2.24, 2.45) is 0 Å². The van der Waals surface area contributed by atoms with Crippen LogP contribution in [0.1, 0.15) is 13.8 Å². The number of nitrogens with zero attached hydrogens (tertiary/aromatic N) is 4. The van der Waals surface area contributed by atoms with Gasteiger partial charge in [0.15, 0.2) is 11.6 Å². The van der Waals surface area contributed by atoms with E-state index in [1.165, 1.54) is 0 Å². The first kappa shape index (κ1) is 17.1. The van der Waals surface area contributed by atoms with Crippen LogP contribution in [0.3, 0.4) is 0 Å². The van der Waals surface area contributed by atoms with Crippen LogP contribution in [-0.4, -0.2) is 19.1 Å². The topological polar surface area (TPSA) is 35.6 Å². The average molecular weight is 385 g/mol. The molecule has 0 aliphatic heterocycles. The van der Waals surface area contributed by atoms with Crippen molar-refractivity contribution in [2.75, 3.05) is 0 Å². The zero-order chi connectivity index (χ0) is 18.3. The molecule has 0 spiro atoms. The fourth-order valence-corrected chi connectivity index (χ4v) is 3.73. The standard InChI is InChI=1S/C20H18Cl2N4/c1-3-25-12-17(14-10-9-13(21)11-15(14)22)24-19(25)20-23-16-7-5-6-8-18(16)26(20)4-2/h5-12H,3-4H2,1-2H3. The molecule has 4 rings (SSSR count). The number of hydrogen-bond acceptors (Lipinski definition) is 2. The second-order valence-corrected chi connectivity index (χ2v) is 6.87. The van der Waals surface area contributed by atoms with Crippen molar-refractivity contribution >= 4 is 34.2 Å². The molecule has 4 aromatic rings. The molecule has 0 amide bonds. The molecule has 4 nitrogen and oxygen atoms in total. The third-order valence-electron chi connectivity index (χ3n) is 4.50. The summed E-state index contributed by atoms with van der Waals surface area (Å²) in [4.78, 5) is 9.70. The molecule has 0 radical (unpaired) electrons. The lowest BCUT2D eigenvalue weighted by molar-refractivity contribution is 0.738. The Hall–Kier alpha value is -2.30. The molecule has 0 fully saturated rings. The fourth-order valence-electron chi connectivity index (χ4n) is 3.23. The molecule has 2 heterocycles. The average Bonchev–Trinajstić information content (AvgIpc) is 3.22. The number of benzene rings is 2. The minimum Gasteiger partial charge on any atom is -0.328 e. The molecular weight excluding hydrogens is 367 g/mol. The van der Waals surface area contributed by atoms with Gasteiger partial charge in [0.05, 0.1) is 21.7 Å². The number of aryl methyl sites for hydroxylation is 2. The molecule has 2 aromatic heterocycles. The van der Waals surface area contributed by atoms with Crippen LogP contribution in [-0.2, 0) is 13.1 Å². The van der Waals surface area contributed by atoms with E-state index in [9.17, 15) is 0 Å². The summed E-state index contributed by atoms with van der Waals surface area (Å²) >= 11 is 12.4. The molecule has 0 atom stereocenters. The van der Waals surface area contributed by atoms with Crippen molar-refractivity contribution in [3.8, 4) is 22.9 Å². The first-order valence-electron chi connectivity index (χ1n) is 8.60. The molecule has 0 aliphatic carbocycles. The van der Waals surface area contributed by atoms with Gasteiger partial charge in [-0.25, -0.2) is 9.97 Å². The van der Waals surface area contributed by atoms with Crippen LogP contribution in [0.4, 0.5) is 0 Å². The maximum atomic E-state index is 6.38. The summed E-state index contributed by atoms with van der Waals surface area (Å²) in [7, 11) is 0. The highest BCUT2D eigenvalue weighted by molar-refractivity contribution is 6.36. The van der Waals surface area contributed by atoms with Crippen LogP contribution >= 0.6 is 23.2 Å². The molecule has 0 N–H and O–H groups in total. The predicted molar refractivity (Wildman–Crippen MR) is 108 cm³/mol. The molecule has 6 heteroatoms. The van der Waals surface area contributed by atoms with E-state index >= 15 is 0 Å². The molecular formula is C20H18Cl2N4. The van der Waals surface area contributed by atoms with Crippen LogP contribution in [0.25, 0.3) is 33.9 Å². The number of para-hydroxylation sites is 2.